The van der Waals surface area contributed by atoms with Gasteiger partial charge in [-0.05, 0) is 50.2 Å². The van der Waals surface area contributed by atoms with Gasteiger partial charge in [-0.15, -0.1) is 0 Å². The quantitative estimate of drug-likeness (QED) is 0.328. The third-order valence-electron chi connectivity index (χ3n) is 4.16. The van der Waals surface area contributed by atoms with Gasteiger partial charge in [-0.25, -0.2) is 9.18 Å². The highest BCUT2D eigenvalue weighted by Crippen LogP contribution is 2.29. The highest BCUT2D eigenvalue weighted by atomic mass is 19.1. The van der Waals surface area contributed by atoms with Crippen LogP contribution in [0.3, 0.4) is 0 Å². The van der Waals surface area contributed by atoms with Crippen LogP contribution in [-0.4, -0.2) is 22.7 Å². The summed E-state index contributed by atoms with van der Waals surface area (Å²) in [6.07, 6.45) is 0. The van der Waals surface area contributed by atoms with E-state index in [4.69, 9.17) is 14.0 Å². The van der Waals surface area contributed by atoms with E-state index in [-0.39, 0.29) is 36.0 Å². The summed E-state index contributed by atoms with van der Waals surface area (Å²) in [5, 5.41) is 15.1. The molecular weight excluding hydrogens is 383 g/mol. The standard InChI is InChI=1S/C20H17FN2O6/c1-3-27-18-9-6-14(10-17(18)23(25)26)20(24)28-11-16-12(2)19(29-22-16)13-4-7-15(21)8-5-13/h4-10H,3,11H2,1-2H3. The summed E-state index contributed by atoms with van der Waals surface area (Å²) in [6.45, 7) is 3.51. The van der Waals surface area contributed by atoms with Crippen LogP contribution in [0.1, 0.15) is 28.5 Å². The van der Waals surface area contributed by atoms with Gasteiger partial charge < -0.3 is 14.0 Å². The third kappa shape index (κ3) is 4.40. The van der Waals surface area contributed by atoms with E-state index in [9.17, 15) is 19.3 Å². The van der Waals surface area contributed by atoms with Gasteiger partial charge in [-0.1, -0.05) is 5.16 Å². The van der Waals surface area contributed by atoms with Crippen LogP contribution < -0.4 is 4.74 Å². The average molecular weight is 400 g/mol. The Bertz CT molecular complexity index is 1050. The van der Waals surface area contributed by atoms with Crippen LogP contribution in [0.15, 0.2) is 47.0 Å². The predicted molar refractivity (Wildman–Crippen MR) is 100 cm³/mol. The molecule has 0 fully saturated rings. The predicted octanol–water partition coefficient (Wildman–Crippen LogP) is 4.45. The smallest absolute Gasteiger partial charge is 0.338 e. The van der Waals surface area contributed by atoms with Gasteiger partial charge in [0.05, 0.1) is 17.1 Å². The van der Waals surface area contributed by atoms with Crippen LogP contribution in [0.5, 0.6) is 5.75 Å². The summed E-state index contributed by atoms with van der Waals surface area (Å²) in [5.41, 5.74) is 1.36. The van der Waals surface area contributed by atoms with Gasteiger partial charge in [-0.3, -0.25) is 10.1 Å². The highest BCUT2D eigenvalue weighted by molar-refractivity contribution is 5.90. The largest absolute Gasteiger partial charge is 0.487 e. The molecule has 0 aliphatic heterocycles. The average Bonchev–Trinajstić information content (AvgIpc) is 3.07. The van der Waals surface area contributed by atoms with Crippen molar-refractivity contribution in [2.45, 2.75) is 20.5 Å². The van der Waals surface area contributed by atoms with Crippen LogP contribution in [0.2, 0.25) is 0 Å². The van der Waals surface area contributed by atoms with E-state index >= 15 is 0 Å². The lowest BCUT2D eigenvalue weighted by Gasteiger charge is -2.07. The number of rotatable bonds is 7. The minimum absolute atomic E-state index is 0.0139. The number of aromatic nitrogens is 1. The molecule has 150 valence electrons. The molecule has 0 N–H and O–H groups in total. The summed E-state index contributed by atoms with van der Waals surface area (Å²) in [7, 11) is 0. The van der Waals surface area contributed by atoms with Crippen molar-refractivity contribution >= 4 is 11.7 Å². The Labute approximate surface area is 165 Å². The molecule has 0 saturated heterocycles. The molecule has 0 radical (unpaired) electrons. The summed E-state index contributed by atoms with van der Waals surface area (Å²) in [4.78, 5) is 22.9. The fraction of sp³-hybridized carbons (Fsp3) is 0.200. The SMILES string of the molecule is CCOc1ccc(C(=O)OCc2noc(-c3ccc(F)cc3)c2C)cc1[N+](=O)[O-]. The Morgan fingerprint density at radius 2 is 1.97 bits per heavy atom. The number of hydrogen-bond acceptors (Lipinski definition) is 7. The van der Waals surface area contributed by atoms with E-state index in [0.717, 1.165) is 6.07 Å². The second-order valence-electron chi connectivity index (χ2n) is 6.04. The monoisotopic (exact) mass is 400 g/mol. The molecule has 9 heteroatoms. The van der Waals surface area contributed by atoms with E-state index in [1.54, 1.807) is 26.0 Å². The van der Waals surface area contributed by atoms with Crippen LogP contribution in [0, 0.1) is 22.9 Å². The number of ether oxygens (including phenoxy) is 2. The van der Waals surface area contributed by atoms with Gasteiger partial charge in [0.25, 0.3) is 0 Å². The fourth-order valence-corrected chi connectivity index (χ4v) is 2.66. The molecule has 0 bridgehead atoms. The Morgan fingerprint density at radius 3 is 2.62 bits per heavy atom. The third-order valence-corrected chi connectivity index (χ3v) is 4.16. The second-order valence-corrected chi connectivity index (χ2v) is 6.04. The topological polar surface area (TPSA) is 105 Å². The fourth-order valence-electron chi connectivity index (χ4n) is 2.66. The zero-order chi connectivity index (χ0) is 21.0. The van der Waals surface area contributed by atoms with Crippen molar-refractivity contribution in [2.24, 2.45) is 0 Å². The molecular formula is C20H17FN2O6. The number of nitro benzene ring substituents is 1. The van der Waals surface area contributed by atoms with E-state index in [1.807, 2.05) is 0 Å². The van der Waals surface area contributed by atoms with E-state index < -0.39 is 10.9 Å². The number of carbonyl (C=O) groups is 1. The van der Waals surface area contributed by atoms with Crippen LogP contribution in [-0.2, 0) is 11.3 Å². The molecule has 0 spiro atoms. The van der Waals surface area contributed by atoms with Gasteiger partial charge in [0.1, 0.15) is 18.1 Å². The molecule has 1 aromatic heterocycles. The van der Waals surface area contributed by atoms with Crippen molar-refractivity contribution in [3.63, 3.8) is 0 Å². The number of nitro groups is 1. The highest BCUT2D eigenvalue weighted by Gasteiger charge is 2.21. The Balaban J connectivity index is 1.73. The molecule has 0 amide bonds. The van der Waals surface area contributed by atoms with Crippen LogP contribution in [0.4, 0.5) is 10.1 Å². The van der Waals surface area contributed by atoms with E-state index in [0.29, 0.717) is 22.6 Å². The summed E-state index contributed by atoms with van der Waals surface area (Å²) < 4.78 is 28.8. The first kappa shape index (κ1) is 20.0. The van der Waals surface area contributed by atoms with Gasteiger partial charge in [-0.2, -0.15) is 0 Å². The molecule has 8 nitrogen and oxygen atoms in total. The van der Waals surface area contributed by atoms with Crippen molar-refractivity contribution in [3.05, 3.63) is 75.2 Å². The zero-order valence-corrected chi connectivity index (χ0v) is 15.7. The van der Waals surface area contributed by atoms with Crippen molar-refractivity contribution in [2.75, 3.05) is 6.61 Å². The molecule has 1 heterocycles. The molecule has 0 saturated carbocycles. The van der Waals surface area contributed by atoms with Gasteiger partial charge in [0.2, 0.25) is 0 Å². The lowest BCUT2D eigenvalue weighted by Crippen LogP contribution is -2.07. The van der Waals surface area contributed by atoms with Gasteiger partial charge in [0.15, 0.2) is 11.5 Å². The van der Waals surface area contributed by atoms with Crippen LogP contribution >= 0.6 is 0 Å². The first-order chi connectivity index (χ1) is 13.9. The molecule has 29 heavy (non-hydrogen) atoms. The molecule has 0 aliphatic carbocycles. The molecule has 2 aromatic carbocycles. The van der Waals surface area contributed by atoms with Gasteiger partial charge >= 0.3 is 11.7 Å². The van der Waals surface area contributed by atoms with Crippen molar-refractivity contribution in [1.29, 1.82) is 0 Å². The maximum absolute atomic E-state index is 13.1. The Kier molecular flexibility index (Phi) is 5.87. The van der Waals surface area contributed by atoms with Crippen molar-refractivity contribution in [3.8, 4) is 17.1 Å². The number of halogens is 1. The number of nitrogens with zero attached hydrogens (tertiary/aromatic N) is 2. The number of benzene rings is 2. The second kappa shape index (κ2) is 8.51. The van der Waals surface area contributed by atoms with Crippen molar-refractivity contribution < 1.29 is 28.1 Å². The van der Waals surface area contributed by atoms with Gasteiger partial charge in [0, 0.05) is 17.2 Å². The first-order valence-electron chi connectivity index (χ1n) is 8.70. The molecule has 0 unspecified atom stereocenters. The number of esters is 1. The lowest BCUT2D eigenvalue weighted by molar-refractivity contribution is -0.385. The Hall–Kier alpha value is -3.75. The zero-order valence-electron chi connectivity index (χ0n) is 15.7. The normalized spacial score (nSPS) is 10.6. The minimum Gasteiger partial charge on any atom is -0.487 e. The van der Waals surface area contributed by atoms with Crippen molar-refractivity contribution in [1.82, 2.24) is 5.16 Å². The lowest BCUT2D eigenvalue weighted by atomic mass is 10.1. The molecule has 0 aliphatic rings. The number of carbonyl (C=O) groups excluding carboxylic acids is 1. The summed E-state index contributed by atoms with van der Waals surface area (Å²) >= 11 is 0. The maximum atomic E-state index is 13.1. The van der Waals surface area contributed by atoms with E-state index in [2.05, 4.69) is 5.16 Å². The summed E-state index contributed by atoms with van der Waals surface area (Å²) in [5.74, 6) is -0.607. The maximum Gasteiger partial charge on any atom is 0.338 e. The number of hydrogen-bond donors (Lipinski definition) is 0. The van der Waals surface area contributed by atoms with Crippen LogP contribution in [0.25, 0.3) is 11.3 Å². The first-order valence-corrected chi connectivity index (χ1v) is 8.70. The summed E-state index contributed by atoms with van der Waals surface area (Å²) in [6, 6.07) is 9.56. The molecule has 3 rings (SSSR count). The molecule has 3 aromatic rings. The van der Waals surface area contributed by atoms with E-state index in [1.165, 1.54) is 24.3 Å². The minimum atomic E-state index is -0.748. The Morgan fingerprint density at radius 1 is 1.24 bits per heavy atom. The molecule has 0 atom stereocenters.